The van der Waals surface area contributed by atoms with Gasteiger partial charge in [-0.25, -0.2) is 18.7 Å². The van der Waals surface area contributed by atoms with Crippen LogP contribution in [-0.2, 0) is 0 Å². The second-order valence-corrected chi connectivity index (χ2v) is 8.41. The fourth-order valence-corrected chi connectivity index (χ4v) is 4.69. The van der Waals surface area contributed by atoms with Crippen molar-refractivity contribution in [2.45, 2.75) is 9.79 Å². The molecule has 2 aromatic heterocycles. The molecule has 0 spiro atoms. The molecule has 1 aliphatic heterocycles. The number of hydrogen-bond donors (Lipinski definition) is 2. The van der Waals surface area contributed by atoms with Gasteiger partial charge in [0.05, 0.1) is 21.0 Å². The Balaban J connectivity index is 1.44. The lowest BCUT2D eigenvalue weighted by atomic mass is 10.1. The van der Waals surface area contributed by atoms with Crippen molar-refractivity contribution < 1.29 is 13.5 Å². The molecule has 0 amide bonds. The van der Waals surface area contributed by atoms with Crippen molar-refractivity contribution in [2.24, 2.45) is 0 Å². The monoisotopic (exact) mass is 444 g/mol. The molecule has 0 saturated heterocycles. The average molecular weight is 444 g/mol. The van der Waals surface area contributed by atoms with Crippen LogP contribution in [0.3, 0.4) is 0 Å². The number of aromatic amines is 1. The molecule has 32 heavy (non-hydrogen) atoms. The van der Waals surface area contributed by atoms with Crippen LogP contribution in [0.5, 0.6) is 11.5 Å². The summed E-state index contributed by atoms with van der Waals surface area (Å²) >= 11 is 1.64. The van der Waals surface area contributed by atoms with Gasteiger partial charge in [-0.15, -0.1) is 0 Å². The molecule has 5 nitrogen and oxygen atoms in total. The number of nitrogens with two attached hydrogens (primary N) is 1. The highest BCUT2D eigenvalue weighted by Crippen LogP contribution is 2.47. The van der Waals surface area contributed by atoms with E-state index < -0.39 is 11.6 Å². The number of nitrogens with one attached hydrogen (secondary N) is 1. The van der Waals surface area contributed by atoms with Gasteiger partial charge in [0.25, 0.3) is 0 Å². The zero-order chi connectivity index (χ0) is 21.8. The molecule has 5 aromatic rings. The van der Waals surface area contributed by atoms with E-state index >= 15 is 0 Å². The van der Waals surface area contributed by atoms with Gasteiger partial charge in [0.1, 0.15) is 29.0 Å². The third kappa shape index (κ3) is 3.07. The van der Waals surface area contributed by atoms with Crippen molar-refractivity contribution in [3.63, 3.8) is 0 Å². The van der Waals surface area contributed by atoms with E-state index in [2.05, 4.69) is 15.0 Å². The SMILES string of the molecule is Nc1cc(-c2ccc3c(c2)Oc2ccccc2S3)nc(-c2c[nH]c3c(F)cc(F)cc23)n1. The highest BCUT2D eigenvalue weighted by atomic mass is 32.2. The zero-order valence-corrected chi connectivity index (χ0v) is 17.2. The zero-order valence-electron chi connectivity index (χ0n) is 16.4. The first-order chi connectivity index (χ1) is 15.5. The molecule has 0 radical (unpaired) electrons. The Morgan fingerprint density at radius 3 is 2.66 bits per heavy atom. The second-order valence-electron chi connectivity index (χ2n) is 7.33. The Bertz CT molecular complexity index is 1530. The van der Waals surface area contributed by atoms with Crippen LogP contribution in [-0.4, -0.2) is 15.0 Å². The predicted molar refractivity (Wildman–Crippen MR) is 120 cm³/mol. The van der Waals surface area contributed by atoms with Gasteiger partial charge in [0.2, 0.25) is 0 Å². The third-order valence-electron chi connectivity index (χ3n) is 5.22. The number of hydrogen-bond acceptors (Lipinski definition) is 5. The van der Waals surface area contributed by atoms with Crippen molar-refractivity contribution >= 4 is 28.5 Å². The fourth-order valence-electron chi connectivity index (χ4n) is 3.76. The van der Waals surface area contributed by atoms with Gasteiger partial charge in [-0.3, -0.25) is 0 Å². The van der Waals surface area contributed by atoms with Crippen molar-refractivity contribution in [1.29, 1.82) is 0 Å². The topological polar surface area (TPSA) is 76.8 Å². The van der Waals surface area contributed by atoms with E-state index in [9.17, 15) is 8.78 Å². The van der Waals surface area contributed by atoms with Crippen LogP contribution in [0.2, 0.25) is 0 Å². The minimum Gasteiger partial charge on any atom is -0.455 e. The Hall–Kier alpha value is -3.91. The van der Waals surface area contributed by atoms with Crippen molar-refractivity contribution in [1.82, 2.24) is 15.0 Å². The van der Waals surface area contributed by atoms with Gasteiger partial charge in [-0.2, -0.15) is 0 Å². The molecule has 8 heteroatoms. The van der Waals surface area contributed by atoms with E-state index in [0.717, 1.165) is 32.9 Å². The van der Waals surface area contributed by atoms with E-state index in [1.165, 1.54) is 6.07 Å². The summed E-state index contributed by atoms with van der Waals surface area (Å²) in [6, 6.07) is 17.4. The highest BCUT2D eigenvalue weighted by Gasteiger charge is 2.19. The maximum Gasteiger partial charge on any atom is 0.164 e. The lowest BCUT2D eigenvalue weighted by Crippen LogP contribution is -1.99. The minimum atomic E-state index is -0.681. The van der Waals surface area contributed by atoms with Crippen LogP contribution in [0.15, 0.2) is 76.7 Å². The number of ether oxygens (including phenoxy) is 1. The Morgan fingerprint density at radius 1 is 0.906 bits per heavy atom. The molecule has 0 fully saturated rings. The lowest BCUT2D eigenvalue weighted by Gasteiger charge is -2.20. The van der Waals surface area contributed by atoms with Crippen LogP contribution in [0, 0.1) is 11.6 Å². The Morgan fingerprint density at radius 2 is 1.75 bits per heavy atom. The summed E-state index contributed by atoms with van der Waals surface area (Å²) in [5.74, 6) is 0.683. The molecule has 6 rings (SSSR count). The summed E-state index contributed by atoms with van der Waals surface area (Å²) in [6.07, 6.45) is 1.55. The first kappa shape index (κ1) is 18.8. The number of para-hydroxylation sites is 1. The normalized spacial score (nSPS) is 12.3. The minimum absolute atomic E-state index is 0.187. The average Bonchev–Trinajstić information content (AvgIpc) is 3.21. The summed E-state index contributed by atoms with van der Waals surface area (Å²) in [6.45, 7) is 0. The molecule has 0 saturated carbocycles. The summed E-state index contributed by atoms with van der Waals surface area (Å²) in [7, 11) is 0. The van der Waals surface area contributed by atoms with Gasteiger partial charge in [0, 0.05) is 34.8 Å². The Labute approximate surface area is 185 Å². The molecular formula is C24H14F2N4OS. The van der Waals surface area contributed by atoms with Crippen LogP contribution in [0.25, 0.3) is 33.5 Å². The largest absolute Gasteiger partial charge is 0.455 e. The number of anilines is 1. The number of H-pyrrole nitrogens is 1. The first-order valence-corrected chi connectivity index (χ1v) is 10.6. The Kier molecular flexibility index (Phi) is 4.16. The van der Waals surface area contributed by atoms with Gasteiger partial charge < -0.3 is 15.5 Å². The number of nitrogens with zero attached hydrogens (tertiary/aromatic N) is 2. The maximum absolute atomic E-state index is 14.1. The number of benzene rings is 3. The number of fused-ring (bicyclic) bond motifs is 3. The standard InChI is InChI=1S/C24H14F2N4OS/c25-13-8-14-15(11-28-23(14)16(26)9-13)24-29-17(10-22(27)30-24)12-5-6-21-19(7-12)31-18-3-1-2-4-20(18)32-21/h1-11,28H,(H2,27,29,30). The summed E-state index contributed by atoms with van der Waals surface area (Å²) in [4.78, 5) is 13.8. The van der Waals surface area contributed by atoms with E-state index in [-0.39, 0.29) is 17.2 Å². The molecule has 0 atom stereocenters. The molecule has 156 valence electrons. The quantitative estimate of drug-likeness (QED) is 0.323. The van der Waals surface area contributed by atoms with Crippen LogP contribution in [0.4, 0.5) is 14.6 Å². The van der Waals surface area contributed by atoms with Crippen LogP contribution in [0.1, 0.15) is 0 Å². The fraction of sp³-hybridized carbons (Fsp3) is 0. The van der Waals surface area contributed by atoms with Crippen molar-refractivity contribution in [3.05, 3.63) is 78.5 Å². The van der Waals surface area contributed by atoms with Gasteiger partial charge in [-0.1, -0.05) is 30.0 Å². The van der Waals surface area contributed by atoms with Gasteiger partial charge >= 0.3 is 0 Å². The first-order valence-electron chi connectivity index (χ1n) is 9.75. The van der Waals surface area contributed by atoms with Gasteiger partial charge in [-0.05, 0) is 30.3 Å². The highest BCUT2D eigenvalue weighted by molar-refractivity contribution is 7.99. The second kappa shape index (κ2) is 7.06. The maximum atomic E-state index is 14.1. The number of aromatic nitrogens is 3. The van der Waals surface area contributed by atoms with Gasteiger partial charge in [0.15, 0.2) is 5.82 Å². The molecule has 0 bridgehead atoms. The summed E-state index contributed by atoms with van der Waals surface area (Å²) in [5, 5.41) is 0.348. The molecule has 1 aliphatic rings. The van der Waals surface area contributed by atoms with Crippen LogP contribution < -0.4 is 10.5 Å². The van der Waals surface area contributed by atoms with Crippen molar-refractivity contribution in [2.75, 3.05) is 5.73 Å². The summed E-state index contributed by atoms with van der Waals surface area (Å²) in [5.41, 5.74) is 8.08. The predicted octanol–water partition coefficient (Wildman–Crippen LogP) is 6.41. The molecule has 0 unspecified atom stereocenters. The molecular weight excluding hydrogens is 430 g/mol. The molecule has 0 aliphatic carbocycles. The van der Waals surface area contributed by atoms with E-state index in [1.807, 2.05) is 42.5 Å². The lowest BCUT2D eigenvalue weighted by molar-refractivity contribution is 0.455. The molecule has 3 aromatic carbocycles. The molecule has 3 heterocycles. The molecule has 3 N–H and O–H groups in total. The van der Waals surface area contributed by atoms with Crippen molar-refractivity contribution in [3.8, 4) is 34.1 Å². The van der Waals surface area contributed by atoms with E-state index in [4.69, 9.17) is 10.5 Å². The number of nitrogen functional groups attached to an aromatic ring is 1. The van der Waals surface area contributed by atoms with E-state index in [1.54, 1.807) is 24.0 Å². The summed E-state index contributed by atoms with van der Waals surface area (Å²) < 4.78 is 34.0. The van der Waals surface area contributed by atoms with Crippen LogP contribution >= 0.6 is 11.8 Å². The smallest absolute Gasteiger partial charge is 0.164 e. The van der Waals surface area contributed by atoms with E-state index in [0.29, 0.717) is 16.6 Å². The third-order valence-corrected chi connectivity index (χ3v) is 6.34. The number of halogens is 2. The number of rotatable bonds is 2.